The molecule has 11 heteroatoms. The van der Waals surface area contributed by atoms with Gasteiger partial charge in [0.2, 0.25) is 5.91 Å². The van der Waals surface area contributed by atoms with Crippen LogP contribution in [0.2, 0.25) is 10.0 Å². The van der Waals surface area contributed by atoms with Crippen molar-refractivity contribution in [1.29, 1.82) is 5.26 Å². The van der Waals surface area contributed by atoms with Crippen molar-refractivity contribution in [3.63, 3.8) is 0 Å². The zero-order chi connectivity index (χ0) is 30.1. The van der Waals surface area contributed by atoms with Crippen LogP contribution >= 0.6 is 35.4 Å². The van der Waals surface area contributed by atoms with E-state index in [-0.39, 0.29) is 24.2 Å². The van der Waals surface area contributed by atoms with Crippen LogP contribution in [-0.4, -0.2) is 38.1 Å². The Kier molecular flexibility index (Phi) is 10.9. The van der Waals surface area contributed by atoms with Gasteiger partial charge in [0.1, 0.15) is 5.82 Å². The molecule has 0 radical (unpaired) electrons. The highest BCUT2D eigenvalue weighted by Gasteiger charge is 2.20. The Morgan fingerprint density at radius 3 is 2.64 bits per heavy atom. The van der Waals surface area contributed by atoms with Gasteiger partial charge in [0, 0.05) is 43.3 Å². The molecule has 42 heavy (non-hydrogen) atoms. The molecule has 0 bridgehead atoms. The van der Waals surface area contributed by atoms with Crippen LogP contribution in [0, 0.1) is 17.1 Å². The quantitative estimate of drug-likeness (QED) is 0.184. The first-order chi connectivity index (χ1) is 20.2. The summed E-state index contributed by atoms with van der Waals surface area (Å²) >= 11 is 18.5. The van der Waals surface area contributed by atoms with E-state index >= 15 is 0 Å². The van der Waals surface area contributed by atoms with E-state index in [4.69, 9.17) is 40.7 Å². The summed E-state index contributed by atoms with van der Waals surface area (Å²) in [5.74, 6) is -0.544. The van der Waals surface area contributed by atoms with Crippen LogP contribution in [0.3, 0.4) is 0 Å². The molecule has 0 spiro atoms. The molecule has 1 atom stereocenters. The van der Waals surface area contributed by atoms with Crippen LogP contribution in [0.1, 0.15) is 35.7 Å². The average molecular weight is 624 g/mol. The van der Waals surface area contributed by atoms with Gasteiger partial charge in [-0.3, -0.25) is 4.79 Å². The summed E-state index contributed by atoms with van der Waals surface area (Å²) in [5.41, 5.74) is 3.62. The Labute approximate surface area is 259 Å². The van der Waals surface area contributed by atoms with Crippen molar-refractivity contribution in [2.24, 2.45) is 0 Å². The predicted molar refractivity (Wildman–Crippen MR) is 168 cm³/mol. The Bertz CT molecular complexity index is 1590. The van der Waals surface area contributed by atoms with Gasteiger partial charge in [-0.15, -0.1) is 0 Å². The van der Waals surface area contributed by atoms with E-state index in [9.17, 15) is 9.18 Å². The maximum atomic E-state index is 13.8. The van der Waals surface area contributed by atoms with Crippen LogP contribution < -0.4 is 10.6 Å². The summed E-state index contributed by atoms with van der Waals surface area (Å²) in [6.07, 6.45) is 4.14. The number of imidazole rings is 1. The molecule has 0 aliphatic heterocycles. The van der Waals surface area contributed by atoms with Gasteiger partial charge in [-0.2, -0.15) is 5.26 Å². The van der Waals surface area contributed by atoms with Gasteiger partial charge in [-0.05, 0) is 66.2 Å². The highest BCUT2D eigenvalue weighted by Crippen LogP contribution is 2.27. The molecule has 7 nitrogen and oxygen atoms in total. The van der Waals surface area contributed by atoms with E-state index < -0.39 is 0 Å². The van der Waals surface area contributed by atoms with Crippen molar-refractivity contribution in [1.82, 2.24) is 19.8 Å². The third-order valence-electron chi connectivity index (χ3n) is 6.63. The summed E-state index contributed by atoms with van der Waals surface area (Å²) in [7, 11) is 0. The fourth-order valence-electron chi connectivity index (χ4n) is 4.37. The molecule has 4 rings (SSSR count). The normalized spacial score (nSPS) is 11.4. The van der Waals surface area contributed by atoms with Gasteiger partial charge >= 0.3 is 0 Å². The van der Waals surface area contributed by atoms with Gasteiger partial charge in [-0.25, -0.2) is 9.37 Å². The Hall–Kier alpha value is -3.97. The number of carbonyl (C=O) groups is 1. The first kappa shape index (κ1) is 31.0. The molecule has 0 aliphatic carbocycles. The van der Waals surface area contributed by atoms with Gasteiger partial charge in [0.15, 0.2) is 5.11 Å². The zero-order valence-corrected chi connectivity index (χ0v) is 25.2. The zero-order valence-electron chi connectivity index (χ0n) is 22.9. The molecule has 216 valence electrons. The molecule has 2 N–H and O–H groups in total. The minimum atomic E-state index is -0.385. The first-order valence-electron chi connectivity index (χ1n) is 13.3. The van der Waals surface area contributed by atoms with Crippen LogP contribution in [-0.2, 0) is 24.3 Å². The van der Waals surface area contributed by atoms with Crippen molar-refractivity contribution in [3.05, 3.63) is 118 Å². The molecule has 0 saturated carbocycles. The summed E-state index contributed by atoms with van der Waals surface area (Å²) < 4.78 is 15.7. The number of aromatic nitrogens is 2. The Morgan fingerprint density at radius 1 is 1.17 bits per heavy atom. The molecule has 0 fully saturated rings. The lowest BCUT2D eigenvalue weighted by Gasteiger charge is -2.30. The number of carbonyl (C=O) groups excluding carboxylic acids is 1. The fourth-order valence-corrected chi connectivity index (χ4v) is 5.01. The number of hydrogen-bond donors (Lipinski definition) is 2. The second-order valence-corrected chi connectivity index (χ2v) is 10.9. The minimum Gasteiger partial charge on any atom is -0.351 e. The smallest absolute Gasteiger partial charge is 0.226 e. The van der Waals surface area contributed by atoms with E-state index in [1.165, 1.54) is 12.1 Å². The molecule has 0 aliphatic rings. The van der Waals surface area contributed by atoms with E-state index in [1.54, 1.807) is 42.9 Å². The van der Waals surface area contributed by atoms with Gasteiger partial charge in [0.25, 0.3) is 0 Å². The van der Waals surface area contributed by atoms with Crippen LogP contribution in [0.15, 0.2) is 79.3 Å². The lowest BCUT2D eigenvalue weighted by molar-refractivity contribution is -0.121. The Morgan fingerprint density at radius 2 is 1.93 bits per heavy atom. The third kappa shape index (κ3) is 8.52. The standard InChI is InChI=1S/C31H29Cl2FN6OS/c1-2-25(37-29(41)14-27-16-36-20-40(27)17-22-11-9-21(15-35)10-12-22)19-39(18-23-5-3-8-28(32)30(23)33)31(42)38-26-7-4-6-24(34)13-26/h3-13,16,20,25H,2,14,17-19H2,1H3,(H,37,41)(H,38,42)/t25-/m0/s1. The number of hydrogen-bond acceptors (Lipinski definition) is 4. The van der Waals surface area contributed by atoms with E-state index in [0.29, 0.717) is 52.5 Å². The van der Waals surface area contributed by atoms with Crippen molar-refractivity contribution in [3.8, 4) is 6.07 Å². The van der Waals surface area contributed by atoms with E-state index in [2.05, 4.69) is 21.7 Å². The summed E-state index contributed by atoms with van der Waals surface area (Å²) in [6.45, 7) is 3.20. The molecule has 0 saturated heterocycles. The number of rotatable bonds is 11. The maximum absolute atomic E-state index is 13.8. The number of nitriles is 1. The molecular formula is C31H29Cl2FN6OS. The van der Waals surface area contributed by atoms with Crippen molar-refractivity contribution in [2.45, 2.75) is 38.9 Å². The van der Waals surface area contributed by atoms with Crippen molar-refractivity contribution < 1.29 is 9.18 Å². The first-order valence-corrected chi connectivity index (χ1v) is 14.4. The predicted octanol–water partition coefficient (Wildman–Crippen LogP) is 6.59. The number of benzene rings is 3. The average Bonchev–Trinajstić information content (AvgIpc) is 3.40. The second kappa shape index (κ2) is 14.8. The highest BCUT2D eigenvalue weighted by atomic mass is 35.5. The highest BCUT2D eigenvalue weighted by molar-refractivity contribution is 7.80. The molecule has 1 aromatic heterocycles. The molecule has 1 heterocycles. The lowest BCUT2D eigenvalue weighted by atomic mass is 10.1. The molecular weight excluding hydrogens is 594 g/mol. The molecule has 1 amide bonds. The van der Waals surface area contributed by atoms with Crippen LogP contribution in [0.25, 0.3) is 0 Å². The molecule has 3 aromatic carbocycles. The molecule has 4 aromatic rings. The monoisotopic (exact) mass is 622 g/mol. The number of thiocarbonyl (C=S) groups is 1. The summed E-state index contributed by atoms with van der Waals surface area (Å²) in [5, 5.41) is 16.4. The number of anilines is 1. The Balaban J connectivity index is 1.45. The number of nitrogens with one attached hydrogen (secondary N) is 2. The van der Waals surface area contributed by atoms with Gasteiger partial charge < -0.3 is 20.1 Å². The lowest BCUT2D eigenvalue weighted by Crippen LogP contribution is -2.47. The molecule has 0 unspecified atom stereocenters. The van der Waals surface area contributed by atoms with Gasteiger partial charge in [0.05, 0.1) is 34.4 Å². The van der Waals surface area contributed by atoms with Gasteiger partial charge in [-0.1, -0.05) is 60.5 Å². The third-order valence-corrected chi connectivity index (χ3v) is 7.85. The minimum absolute atomic E-state index is 0.138. The fraction of sp³-hybridized carbons (Fsp3) is 0.226. The number of nitrogens with zero attached hydrogens (tertiary/aromatic N) is 4. The summed E-state index contributed by atoms with van der Waals surface area (Å²) in [4.78, 5) is 19.3. The van der Waals surface area contributed by atoms with Crippen LogP contribution in [0.4, 0.5) is 10.1 Å². The second-order valence-electron chi connectivity index (χ2n) is 9.71. The topological polar surface area (TPSA) is 86.0 Å². The number of amides is 1. The SMILES string of the molecule is CC[C@@H](CN(Cc1cccc(Cl)c1Cl)C(=S)Nc1cccc(F)c1)NC(=O)Cc1cncn1Cc1ccc(C#N)cc1. The van der Waals surface area contributed by atoms with Crippen molar-refractivity contribution in [2.75, 3.05) is 11.9 Å². The number of halogens is 3. The largest absolute Gasteiger partial charge is 0.351 e. The maximum Gasteiger partial charge on any atom is 0.226 e. The van der Waals surface area contributed by atoms with Crippen LogP contribution in [0.5, 0.6) is 0 Å². The summed E-state index contributed by atoms with van der Waals surface area (Å²) in [6, 6.07) is 20.6. The van der Waals surface area contributed by atoms with Crippen molar-refractivity contribution >= 4 is 52.1 Å². The van der Waals surface area contributed by atoms with E-state index in [1.807, 2.05) is 40.7 Å². The van der Waals surface area contributed by atoms with E-state index in [0.717, 1.165) is 16.8 Å².